The van der Waals surface area contributed by atoms with E-state index in [0.29, 0.717) is 6.42 Å². The molecule has 0 aliphatic heterocycles. The maximum absolute atomic E-state index is 11.9. The van der Waals surface area contributed by atoms with Crippen LogP contribution < -0.4 is 5.32 Å². The second-order valence-electron chi connectivity index (χ2n) is 5.42. The van der Waals surface area contributed by atoms with E-state index in [4.69, 9.17) is 4.74 Å². The lowest BCUT2D eigenvalue weighted by Gasteiger charge is -2.21. The van der Waals surface area contributed by atoms with E-state index in [1.165, 1.54) is 7.11 Å². The molecule has 1 rings (SSSR count). The second kappa shape index (κ2) is 10.1. The Labute approximate surface area is 150 Å². The topological polar surface area (TPSA) is 81.7 Å². The predicted octanol–water partition coefficient (Wildman–Crippen LogP) is 2.24. The van der Waals surface area contributed by atoms with E-state index >= 15 is 0 Å². The van der Waals surface area contributed by atoms with E-state index < -0.39 is 30.5 Å². The zero-order valence-electron chi connectivity index (χ0n) is 14.0. The number of esters is 2. The van der Waals surface area contributed by atoms with Gasteiger partial charge in [0.25, 0.3) is 5.91 Å². The van der Waals surface area contributed by atoms with E-state index in [0.717, 1.165) is 10.0 Å². The number of hydrogen-bond donors (Lipinski definition) is 1. The van der Waals surface area contributed by atoms with Gasteiger partial charge in [0.05, 0.1) is 13.5 Å². The van der Waals surface area contributed by atoms with E-state index in [-0.39, 0.29) is 12.3 Å². The first kappa shape index (κ1) is 20.2. The summed E-state index contributed by atoms with van der Waals surface area (Å²) in [6.07, 6.45) is 0.774. The van der Waals surface area contributed by atoms with Crippen molar-refractivity contribution in [1.82, 2.24) is 5.32 Å². The van der Waals surface area contributed by atoms with Gasteiger partial charge >= 0.3 is 11.9 Å². The zero-order valence-corrected chi connectivity index (χ0v) is 15.6. The molecule has 0 radical (unpaired) electrons. The Morgan fingerprint density at radius 3 is 2.38 bits per heavy atom. The Morgan fingerprint density at radius 2 is 1.83 bits per heavy atom. The Bertz CT molecular complexity index is 573. The van der Waals surface area contributed by atoms with Gasteiger partial charge in [0, 0.05) is 4.47 Å². The van der Waals surface area contributed by atoms with Gasteiger partial charge in [0.15, 0.2) is 6.61 Å². The monoisotopic (exact) mass is 399 g/mol. The van der Waals surface area contributed by atoms with Crippen molar-refractivity contribution in [2.75, 3.05) is 13.7 Å². The number of halogens is 1. The fourth-order valence-corrected chi connectivity index (χ4v) is 2.24. The molecular formula is C17H22BrNO5. The largest absolute Gasteiger partial charge is 0.467 e. The molecule has 7 heteroatoms. The molecule has 6 nitrogen and oxygen atoms in total. The van der Waals surface area contributed by atoms with Gasteiger partial charge in [0.2, 0.25) is 0 Å². The first-order valence-electron chi connectivity index (χ1n) is 7.64. The first-order valence-corrected chi connectivity index (χ1v) is 8.43. The van der Waals surface area contributed by atoms with Gasteiger partial charge in [-0.15, -0.1) is 0 Å². The molecular weight excluding hydrogens is 378 g/mol. The normalized spacial score (nSPS) is 12.8. The minimum absolute atomic E-state index is 0.0757. The molecule has 0 aliphatic rings. The summed E-state index contributed by atoms with van der Waals surface area (Å²) in [5, 5.41) is 2.55. The van der Waals surface area contributed by atoms with E-state index in [9.17, 15) is 14.4 Å². The number of carbonyl (C=O) groups excluding carboxylic acids is 3. The molecule has 1 aromatic rings. The van der Waals surface area contributed by atoms with Crippen LogP contribution in [0.3, 0.4) is 0 Å². The number of rotatable bonds is 8. The Hall–Kier alpha value is -1.89. The fraction of sp³-hybridized carbons (Fsp3) is 0.471. The van der Waals surface area contributed by atoms with Crippen LogP contribution in [-0.4, -0.2) is 37.6 Å². The van der Waals surface area contributed by atoms with Crippen LogP contribution >= 0.6 is 15.9 Å². The third kappa shape index (κ3) is 6.70. The summed E-state index contributed by atoms with van der Waals surface area (Å²) in [4.78, 5) is 35.4. The van der Waals surface area contributed by atoms with Crippen molar-refractivity contribution in [3.8, 4) is 0 Å². The quantitative estimate of drug-likeness (QED) is 0.677. The van der Waals surface area contributed by atoms with Crippen LogP contribution in [0.25, 0.3) is 0 Å². The molecule has 24 heavy (non-hydrogen) atoms. The highest BCUT2D eigenvalue weighted by Crippen LogP contribution is 2.11. The molecule has 0 heterocycles. The number of hydrogen-bond acceptors (Lipinski definition) is 5. The van der Waals surface area contributed by atoms with Crippen molar-refractivity contribution in [1.29, 1.82) is 0 Å². The van der Waals surface area contributed by atoms with Crippen LogP contribution in [0.5, 0.6) is 0 Å². The summed E-state index contributed by atoms with van der Waals surface area (Å²) in [5.74, 6) is -1.64. The smallest absolute Gasteiger partial charge is 0.328 e. The average Bonchev–Trinajstić information content (AvgIpc) is 2.58. The van der Waals surface area contributed by atoms with Gasteiger partial charge in [-0.3, -0.25) is 9.59 Å². The minimum atomic E-state index is -0.752. The molecule has 2 atom stereocenters. The molecule has 0 aliphatic carbocycles. The van der Waals surface area contributed by atoms with Crippen LogP contribution in [0.2, 0.25) is 0 Å². The van der Waals surface area contributed by atoms with Crippen LogP contribution in [0, 0.1) is 5.92 Å². The standard InChI is InChI=1S/C17H22BrNO5/c1-4-11(2)16(17(22)23-3)19-14(20)10-24-15(21)9-12-5-7-13(18)8-6-12/h5-8,11,16H,4,9-10H2,1-3H3,(H,19,20)/t11-,16-/m1/s1. The van der Waals surface area contributed by atoms with E-state index in [1.54, 1.807) is 12.1 Å². The van der Waals surface area contributed by atoms with Crippen LogP contribution in [0.4, 0.5) is 0 Å². The highest BCUT2D eigenvalue weighted by molar-refractivity contribution is 9.10. The zero-order chi connectivity index (χ0) is 18.1. The Morgan fingerprint density at radius 1 is 1.21 bits per heavy atom. The van der Waals surface area contributed by atoms with Crippen molar-refractivity contribution >= 4 is 33.8 Å². The average molecular weight is 400 g/mol. The van der Waals surface area contributed by atoms with E-state index in [2.05, 4.69) is 26.0 Å². The second-order valence-corrected chi connectivity index (χ2v) is 6.33. The fourth-order valence-electron chi connectivity index (χ4n) is 1.98. The van der Waals surface area contributed by atoms with Gasteiger partial charge in [-0.25, -0.2) is 4.79 Å². The summed E-state index contributed by atoms with van der Waals surface area (Å²) in [6.45, 7) is 3.31. The van der Waals surface area contributed by atoms with Crippen molar-refractivity contribution in [2.45, 2.75) is 32.7 Å². The van der Waals surface area contributed by atoms with Gasteiger partial charge < -0.3 is 14.8 Å². The van der Waals surface area contributed by atoms with Gasteiger partial charge in [0.1, 0.15) is 6.04 Å². The molecule has 132 valence electrons. The van der Waals surface area contributed by atoms with Crippen LogP contribution in [0.1, 0.15) is 25.8 Å². The maximum atomic E-state index is 11.9. The van der Waals surface area contributed by atoms with Crippen molar-refractivity contribution in [3.63, 3.8) is 0 Å². The predicted molar refractivity (Wildman–Crippen MR) is 92.2 cm³/mol. The number of nitrogens with one attached hydrogen (secondary N) is 1. The molecule has 1 aromatic carbocycles. The maximum Gasteiger partial charge on any atom is 0.328 e. The van der Waals surface area contributed by atoms with Crippen molar-refractivity contribution in [2.24, 2.45) is 5.92 Å². The number of ether oxygens (including phenoxy) is 2. The lowest BCUT2D eigenvalue weighted by atomic mass is 9.99. The molecule has 1 amide bonds. The van der Waals surface area contributed by atoms with E-state index in [1.807, 2.05) is 26.0 Å². The summed E-state index contributed by atoms with van der Waals surface area (Å²) in [6, 6.07) is 6.48. The van der Waals surface area contributed by atoms with Crippen LogP contribution in [-0.2, 0) is 30.3 Å². The Balaban J connectivity index is 2.47. The molecule has 0 aromatic heterocycles. The Kier molecular flexibility index (Phi) is 8.46. The molecule has 0 spiro atoms. The third-order valence-corrected chi connectivity index (χ3v) is 4.14. The molecule has 0 saturated carbocycles. The SMILES string of the molecule is CC[C@@H](C)[C@@H](NC(=O)COC(=O)Cc1ccc(Br)cc1)C(=O)OC. The summed E-state index contributed by atoms with van der Waals surface area (Å²) >= 11 is 3.31. The number of methoxy groups -OCH3 is 1. The summed E-state index contributed by atoms with van der Waals surface area (Å²) in [7, 11) is 1.27. The third-order valence-electron chi connectivity index (χ3n) is 3.61. The highest BCUT2D eigenvalue weighted by Gasteiger charge is 2.26. The molecule has 0 saturated heterocycles. The molecule has 1 N–H and O–H groups in total. The molecule has 0 unspecified atom stereocenters. The van der Waals surface area contributed by atoms with Gasteiger partial charge in [-0.05, 0) is 23.6 Å². The number of amides is 1. The first-order chi connectivity index (χ1) is 11.4. The number of benzene rings is 1. The lowest BCUT2D eigenvalue weighted by Crippen LogP contribution is -2.47. The summed E-state index contributed by atoms with van der Waals surface area (Å²) in [5.41, 5.74) is 0.788. The lowest BCUT2D eigenvalue weighted by molar-refractivity contribution is -0.150. The minimum Gasteiger partial charge on any atom is -0.467 e. The molecule has 0 bridgehead atoms. The van der Waals surface area contributed by atoms with Crippen molar-refractivity contribution in [3.05, 3.63) is 34.3 Å². The van der Waals surface area contributed by atoms with Crippen LogP contribution in [0.15, 0.2) is 28.7 Å². The van der Waals surface area contributed by atoms with Gasteiger partial charge in [-0.2, -0.15) is 0 Å². The van der Waals surface area contributed by atoms with Gasteiger partial charge in [-0.1, -0.05) is 48.3 Å². The molecule has 0 fully saturated rings. The summed E-state index contributed by atoms with van der Waals surface area (Å²) < 4.78 is 10.6. The number of carbonyl (C=O) groups is 3. The van der Waals surface area contributed by atoms with Crippen molar-refractivity contribution < 1.29 is 23.9 Å². The highest BCUT2D eigenvalue weighted by atomic mass is 79.9.